The quantitative estimate of drug-likeness (QED) is 0.540. The molecule has 3 N–H and O–H groups in total. The maximum absolute atomic E-state index is 13.7. The molecule has 0 fully saturated rings. The van der Waals surface area contributed by atoms with Crippen molar-refractivity contribution in [3.63, 3.8) is 0 Å². The van der Waals surface area contributed by atoms with Gasteiger partial charge < -0.3 is 15.7 Å². The number of fused-ring (bicyclic) bond motifs is 1. The number of alkyl halides is 3. The standard InChI is InChI=1S/C20H16F4N4O2/c21-12-6-4-11(5-7-12)15-9-17(20(22,23)24)28-18(26-15)10-16(27-28)19(30)25-13-2-1-3-14(29)8-13/h1-8,10,15,17,26,29H,9H2,(H,25,30)/t15-,17+/m1/s1. The molecular formula is C20H16F4N4O2. The maximum atomic E-state index is 13.7. The SMILES string of the molecule is O=C(Nc1cccc(O)c1)c1cc2n(n1)[C@H](C(F)(F)F)C[C@H](c1ccc(F)cc1)N2. The van der Waals surface area contributed by atoms with Gasteiger partial charge in [0.2, 0.25) is 0 Å². The van der Waals surface area contributed by atoms with Gasteiger partial charge in [-0.2, -0.15) is 18.3 Å². The summed E-state index contributed by atoms with van der Waals surface area (Å²) in [7, 11) is 0. The Kier molecular flexibility index (Phi) is 4.84. The number of aromatic nitrogens is 2. The summed E-state index contributed by atoms with van der Waals surface area (Å²) >= 11 is 0. The van der Waals surface area contributed by atoms with Crippen LogP contribution in [-0.4, -0.2) is 27.0 Å². The smallest absolute Gasteiger partial charge is 0.410 e. The number of amides is 1. The Morgan fingerprint density at radius 1 is 1.17 bits per heavy atom. The number of halogens is 4. The molecule has 1 aliphatic rings. The molecule has 6 nitrogen and oxygen atoms in total. The minimum Gasteiger partial charge on any atom is -0.508 e. The predicted octanol–water partition coefficient (Wildman–Crippen LogP) is 4.64. The summed E-state index contributed by atoms with van der Waals surface area (Å²) in [6.45, 7) is 0. The van der Waals surface area contributed by atoms with Gasteiger partial charge in [-0.15, -0.1) is 0 Å². The van der Waals surface area contributed by atoms with E-state index in [1.54, 1.807) is 0 Å². The number of nitrogens with zero attached hydrogens (tertiary/aromatic N) is 2. The van der Waals surface area contributed by atoms with Gasteiger partial charge in [-0.1, -0.05) is 18.2 Å². The Morgan fingerprint density at radius 2 is 1.90 bits per heavy atom. The van der Waals surface area contributed by atoms with Crippen molar-refractivity contribution in [1.82, 2.24) is 9.78 Å². The van der Waals surface area contributed by atoms with Gasteiger partial charge in [0.1, 0.15) is 17.4 Å². The highest BCUT2D eigenvalue weighted by Gasteiger charge is 2.46. The Labute approximate surface area is 168 Å². The molecule has 30 heavy (non-hydrogen) atoms. The lowest BCUT2D eigenvalue weighted by atomic mass is 9.97. The highest BCUT2D eigenvalue weighted by atomic mass is 19.4. The lowest BCUT2D eigenvalue weighted by molar-refractivity contribution is -0.173. The Hall–Kier alpha value is -3.56. The van der Waals surface area contributed by atoms with Crippen molar-refractivity contribution in [2.24, 2.45) is 0 Å². The summed E-state index contributed by atoms with van der Waals surface area (Å²) in [5, 5.41) is 18.8. The molecule has 1 aromatic heterocycles. The second kappa shape index (κ2) is 7.36. The number of carbonyl (C=O) groups excluding carboxylic acids is 1. The fourth-order valence-corrected chi connectivity index (χ4v) is 3.38. The van der Waals surface area contributed by atoms with Crippen LogP contribution in [0.5, 0.6) is 5.75 Å². The van der Waals surface area contributed by atoms with Crippen LogP contribution >= 0.6 is 0 Å². The van der Waals surface area contributed by atoms with Gasteiger partial charge in [0.05, 0.1) is 6.04 Å². The van der Waals surface area contributed by atoms with E-state index in [9.17, 15) is 27.5 Å². The maximum Gasteiger partial charge on any atom is 0.410 e. The first-order valence-corrected chi connectivity index (χ1v) is 8.99. The van der Waals surface area contributed by atoms with E-state index in [1.807, 2.05) is 0 Å². The fraction of sp³-hybridized carbons (Fsp3) is 0.200. The van der Waals surface area contributed by atoms with E-state index in [4.69, 9.17) is 0 Å². The molecule has 1 aliphatic heterocycles. The van der Waals surface area contributed by atoms with E-state index < -0.39 is 30.0 Å². The Balaban J connectivity index is 1.64. The van der Waals surface area contributed by atoms with Crippen LogP contribution in [0.1, 0.15) is 34.6 Å². The molecule has 0 unspecified atom stereocenters. The molecule has 0 saturated heterocycles. The molecule has 2 atom stereocenters. The zero-order valence-electron chi connectivity index (χ0n) is 15.3. The highest BCUT2D eigenvalue weighted by molar-refractivity contribution is 6.03. The van der Waals surface area contributed by atoms with Crippen molar-refractivity contribution in [1.29, 1.82) is 0 Å². The Bertz CT molecular complexity index is 1080. The number of hydrogen-bond acceptors (Lipinski definition) is 4. The van der Waals surface area contributed by atoms with Gasteiger partial charge in [-0.05, 0) is 29.8 Å². The Morgan fingerprint density at radius 3 is 2.57 bits per heavy atom. The van der Waals surface area contributed by atoms with Gasteiger partial charge in [-0.25, -0.2) is 9.07 Å². The van der Waals surface area contributed by atoms with Crippen molar-refractivity contribution in [2.75, 3.05) is 10.6 Å². The van der Waals surface area contributed by atoms with E-state index in [0.29, 0.717) is 5.56 Å². The normalized spacial score (nSPS) is 18.4. The molecular weight excluding hydrogens is 404 g/mol. The summed E-state index contributed by atoms with van der Waals surface area (Å²) in [4.78, 5) is 12.5. The summed E-state index contributed by atoms with van der Waals surface area (Å²) in [6.07, 6.45) is -4.96. The summed E-state index contributed by atoms with van der Waals surface area (Å²) in [6, 6.07) is 9.49. The van der Waals surface area contributed by atoms with Crippen LogP contribution in [0.25, 0.3) is 0 Å². The number of carbonyl (C=O) groups is 1. The van der Waals surface area contributed by atoms with Crippen LogP contribution in [0.3, 0.4) is 0 Å². The van der Waals surface area contributed by atoms with Gasteiger partial charge in [-0.3, -0.25) is 4.79 Å². The number of hydrogen-bond donors (Lipinski definition) is 3. The molecule has 4 rings (SSSR count). The summed E-state index contributed by atoms with van der Waals surface area (Å²) < 4.78 is 55.0. The van der Waals surface area contributed by atoms with Gasteiger partial charge in [0, 0.05) is 24.2 Å². The third-order valence-corrected chi connectivity index (χ3v) is 4.80. The monoisotopic (exact) mass is 420 g/mol. The van der Waals surface area contributed by atoms with E-state index >= 15 is 0 Å². The number of phenolic OH excluding ortho intramolecular Hbond substituents is 1. The third kappa shape index (κ3) is 3.93. The van der Waals surface area contributed by atoms with E-state index in [0.717, 1.165) is 4.68 Å². The minimum absolute atomic E-state index is 0.0268. The molecule has 3 aromatic rings. The topological polar surface area (TPSA) is 79.2 Å². The van der Waals surface area contributed by atoms with Crippen LogP contribution in [0, 0.1) is 5.82 Å². The molecule has 156 valence electrons. The largest absolute Gasteiger partial charge is 0.508 e. The van der Waals surface area contributed by atoms with Crippen molar-refractivity contribution in [3.05, 3.63) is 71.7 Å². The number of benzene rings is 2. The zero-order valence-corrected chi connectivity index (χ0v) is 15.3. The first-order valence-electron chi connectivity index (χ1n) is 8.99. The first-order chi connectivity index (χ1) is 14.2. The van der Waals surface area contributed by atoms with Crippen LogP contribution < -0.4 is 10.6 Å². The molecule has 0 bridgehead atoms. The van der Waals surface area contributed by atoms with Crippen LogP contribution in [0.4, 0.5) is 29.1 Å². The molecule has 0 radical (unpaired) electrons. The van der Waals surface area contributed by atoms with Crippen LogP contribution in [0.15, 0.2) is 54.6 Å². The lowest BCUT2D eigenvalue weighted by Gasteiger charge is -2.33. The van der Waals surface area contributed by atoms with E-state index in [-0.39, 0.29) is 29.4 Å². The zero-order chi connectivity index (χ0) is 21.5. The predicted molar refractivity (Wildman–Crippen MR) is 101 cm³/mol. The van der Waals surface area contributed by atoms with Gasteiger partial charge in [0.25, 0.3) is 5.91 Å². The second-order valence-electron chi connectivity index (χ2n) is 6.91. The first kappa shape index (κ1) is 19.7. The number of anilines is 2. The van der Waals surface area contributed by atoms with Gasteiger partial charge >= 0.3 is 6.18 Å². The highest BCUT2D eigenvalue weighted by Crippen LogP contribution is 2.43. The van der Waals surface area contributed by atoms with Crippen molar-refractivity contribution >= 4 is 17.4 Å². The minimum atomic E-state index is -4.60. The average Bonchev–Trinajstić information content (AvgIpc) is 3.11. The molecule has 0 saturated carbocycles. The molecule has 0 spiro atoms. The third-order valence-electron chi connectivity index (χ3n) is 4.80. The van der Waals surface area contributed by atoms with Crippen LogP contribution in [-0.2, 0) is 0 Å². The molecule has 10 heteroatoms. The number of aromatic hydroxyl groups is 1. The van der Waals surface area contributed by atoms with Crippen molar-refractivity contribution < 1.29 is 27.5 Å². The fourth-order valence-electron chi connectivity index (χ4n) is 3.38. The molecule has 0 aliphatic carbocycles. The number of nitrogens with one attached hydrogen (secondary N) is 2. The average molecular weight is 420 g/mol. The second-order valence-corrected chi connectivity index (χ2v) is 6.91. The van der Waals surface area contributed by atoms with Crippen LogP contribution in [0.2, 0.25) is 0 Å². The number of phenols is 1. The van der Waals surface area contributed by atoms with E-state index in [2.05, 4.69) is 15.7 Å². The van der Waals surface area contributed by atoms with Gasteiger partial charge in [0.15, 0.2) is 11.7 Å². The molecule has 1 amide bonds. The summed E-state index contributed by atoms with van der Waals surface area (Å²) in [5.41, 5.74) is 0.550. The lowest BCUT2D eigenvalue weighted by Crippen LogP contribution is -2.35. The molecule has 2 aromatic carbocycles. The van der Waals surface area contributed by atoms with E-state index in [1.165, 1.54) is 54.6 Å². The van der Waals surface area contributed by atoms with Crippen molar-refractivity contribution in [2.45, 2.75) is 24.7 Å². The number of rotatable bonds is 3. The molecule has 2 heterocycles. The summed E-state index contributed by atoms with van der Waals surface area (Å²) in [5.74, 6) is -1.25. The van der Waals surface area contributed by atoms with Crippen molar-refractivity contribution in [3.8, 4) is 5.75 Å².